The molecule has 1 aliphatic rings. The Morgan fingerprint density at radius 1 is 1.30 bits per heavy atom. The van der Waals surface area contributed by atoms with Crippen molar-refractivity contribution in [3.05, 3.63) is 30.3 Å². The van der Waals surface area contributed by atoms with Crippen molar-refractivity contribution in [2.45, 2.75) is 25.7 Å². The van der Waals surface area contributed by atoms with Gasteiger partial charge >= 0.3 is 5.97 Å². The molecule has 0 bridgehead atoms. The number of methoxy groups -OCH3 is 1. The molecular weight excluding hydrogens is 272 g/mol. The van der Waals surface area contributed by atoms with E-state index in [1.54, 1.807) is 0 Å². The zero-order valence-corrected chi connectivity index (χ0v) is 12.8. The van der Waals surface area contributed by atoms with Crippen molar-refractivity contribution in [1.82, 2.24) is 0 Å². The second kappa shape index (κ2) is 7.58. The number of benzene rings is 1. The highest BCUT2D eigenvalue weighted by Crippen LogP contribution is 2.51. The molecule has 0 aliphatic heterocycles. The average molecular weight is 294 g/mol. The van der Waals surface area contributed by atoms with Crippen LogP contribution in [0.4, 0.5) is 0 Å². The normalized spacial score (nSPS) is 15.7. The number of carbonyl (C=O) groups is 1. The molecule has 1 saturated carbocycles. The fourth-order valence-electron chi connectivity index (χ4n) is 2.08. The van der Waals surface area contributed by atoms with E-state index in [0.717, 1.165) is 43.1 Å². The molecule has 0 saturated heterocycles. The molecule has 1 aromatic carbocycles. The van der Waals surface area contributed by atoms with E-state index in [0.29, 0.717) is 6.42 Å². The second-order valence-corrected chi connectivity index (χ2v) is 6.43. The summed E-state index contributed by atoms with van der Waals surface area (Å²) in [5.74, 6) is 3.00. The van der Waals surface area contributed by atoms with Gasteiger partial charge < -0.3 is 9.47 Å². The highest BCUT2D eigenvalue weighted by atomic mass is 32.2. The predicted molar refractivity (Wildman–Crippen MR) is 82.2 cm³/mol. The Bertz CT molecular complexity index is 415. The van der Waals surface area contributed by atoms with Gasteiger partial charge in [-0.15, -0.1) is 0 Å². The van der Waals surface area contributed by atoms with E-state index >= 15 is 0 Å². The fraction of sp³-hybridized carbons (Fsp3) is 0.562. The van der Waals surface area contributed by atoms with Gasteiger partial charge in [-0.25, -0.2) is 0 Å². The smallest absolute Gasteiger partial charge is 0.306 e. The zero-order chi connectivity index (χ0) is 14.3. The van der Waals surface area contributed by atoms with Gasteiger partial charge in [0.2, 0.25) is 0 Å². The maximum atomic E-state index is 11.3. The van der Waals surface area contributed by atoms with Crippen molar-refractivity contribution in [3.63, 3.8) is 0 Å². The minimum atomic E-state index is -0.0736. The number of para-hydroxylation sites is 1. The maximum Gasteiger partial charge on any atom is 0.306 e. The molecule has 1 aliphatic carbocycles. The minimum absolute atomic E-state index is 0.0736. The van der Waals surface area contributed by atoms with Crippen LogP contribution in [0, 0.1) is 5.41 Å². The molecule has 0 unspecified atom stereocenters. The third-order valence-electron chi connectivity index (χ3n) is 3.56. The lowest BCUT2D eigenvalue weighted by Crippen LogP contribution is -2.13. The summed E-state index contributed by atoms with van der Waals surface area (Å²) in [6.07, 6.45) is 3.94. The van der Waals surface area contributed by atoms with Crippen LogP contribution in [0.3, 0.4) is 0 Å². The first-order chi connectivity index (χ1) is 9.74. The van der Waals surface area contributed by atoms with Crippen LogP contribution in [0.15, 0.2) is 30.3 Å². The van der Waals surface area contributed by atoms with Crippen LogP contribution < -0.4 is 4.74 Å². The average Bonchev–Trinajstić information content (AvgIpc) is 3.23. The summed E-state index contributed by atoms with van der Waals surface area (Å²) in [6, 6.07) is 9.89. The Hall–Kier alpha value is -1.16. The van der Waals surface area contributed by atoms with Gasteiger partial charge in [0.25, 0.3) is 0 Å². The lowest BCUT2D eigenvalue weighted by atomic mass is 10.1. The Morgan fingerprint density at radius 2 is 2.05 bits per heavy atom. The maximum absolute atomic E-state index is 11.3. The Kier molecular flexibility index (Phi) is 5.77. The topological polar surface area (TPSA) is 35.5 Å². The van der Waals surface area contributed by atoms with Crippen molar-refractivity contribution >= 4 is 17.7 Å². The monoisotopic (exact) mass is 294 g/mol. The summed E-state index contributed by atoms with van der Waals surface area (Å²) in [5, 5.41) is 0. The van der Waals surface area contributed by atoms with Gasteiger partial charge in [-0.1, -0.05) is 18.2 Å². The number of ether oxygens (including phenoxy) is 2. The Morgan fingerprint density at radius 3 is 2.70 bits per heavy atom. The van der Waals surface area contributed by atoms with E-state index in [9.17, 15) is 4.79 Å². The first-order valence-corrected chi connectivity index (χ1v) is 8.22. The van der Waals surface area contributed by atoms with E-state index in [1.807, 2.05) is 42.1 Å². The molecule has 0 amide bonds. The van der Waals surface area contributed by atoms with E-state index in [-0.39, 0.29) is 11.4 Å². The molecule has 0 spiro atoms. The summed E-state index contributed by atoms with van der Waals surface area (Å²) in [4.78, 5) is 11.3. The lowest BCUT2D eigenvalue weighted by Gasteiger charge is -2.13. The van der Waals surface area contributed by atoms with Gasteiger partial charge in [0, 0.05) is 0 Å². The van der Waals surface area contributed by atoms with Gasteiger partial charge in [0.15, 0.2) is 0 Å². The third kappa shape index (κ3) is 5.08. The summed E-state index contributed by atoms with van der Waals surface area (Å²) in [7, 11) is 1.46. The number of carbonyl (C=O) groups excluding carboxylic acids is 1. The number of hydrogen-bond acceptors (Lipinski definition) is 4. The molecule has 1 fully saturated rings. The minimum Gasteiger partial charge on any atom is -0.494 e. The highest BCUT2D eigenvalue weighted by Gasteiger charge is 2.44. The van der Waals surface area contributed by atoms with Crippen molar-refractivity contribution < 1.29 is 14.3 Å². The van der Waals surface area contributed by atoms with Crippen molar-refractivity contribution in [2.75, 3.05) is 25.2 Å². The van der Waals surface area contributed by atoms with Gasteiger partial charge in [0.1, 0.15) is 5.75 Å². The molecule has 0 atom stereocenters. The molecule has 0 N–H and O–H groups in total. The molecule has 3 nitrogen and oxygen atoms in total. The first-order valence-electron chi connectivity index (χ1n) is 7.07. The van der Waals surface area contributed by atoms with Crippen LogP contribution in [-0.4, -0.2) is 31.2 Å². The molecular formula is C16H22O3S. The van der Waals surface area contributed by atoms with Gasteiger partial charge in [-0.05, 0) is 48.3 Å². The fourth-order valence-corrected chi connectivity index (χ4v) is 3.37. The number of thioether (sulfide) groups is 1. The van der Waals surface area contributed by atoms with Crippen LogP contribution in [-0.2, 0) is 9.53 Å². The Balaban J connectivity index is 1.53. The number of hydrogen-bond donors (Lipinski definition) is 0. The zero-order valence-electron chi connectivity index (χ0n) is 12.0. The van der Waals surface area contributed by atoms with Gasteiger partial charge in [0.05, 0.1) is 20.1 Å². The summed E-state index contributed by atoms with van der Waals surface area (Å²) in [5.41, 5.74) is 0.234. The molecule has 0 heterocycles. The SMILES string of the molecule is COC(=O)CC1(CSCCCOc2ccccc2)CC1. The van der Waals surface area contributed by atoms with Crippen LogP contribution in [0.1, 0.15) is 25.7 Å². The van der Waals surface area contributed by atoms with Gasteiger partial charge in [-0.2, -0.15) is 11.8 Å². The third-order valence-corrected chi connectivity index (χ3v) is 4.95. The van der Waals surface area contributed by atoms with E-state index in [4.69, 9.17) is 9.47 Å². The molecule has 0 aromatic heterocycles. The van der Waals surface area contributed by atoms with Gasteiger partial charge in [-0.3, -0.25) is 4.79 Å². The number of rotatable bonds is 9. The lowest BCUT2D eigenvalue weighted by molar-refractivity contribution is -0.141. The molecule has 1 aromatic rings. The highest BCUT2D eigenvalue weighted by molar-refractivity contribution is 7.99. The van der Waals surface area contributed by atoms with E-state index in [2.05, 4.69) is 0 Å². The van der Waals surface area contributed by atoms with Crippen LogP contribution >= 0.6 is 11.8 Å². The quantitative estimate of drug-likeness (QED) is 0.515. The summed E-state index contributed by atoms with van der Waals surface area (Å²) < 4.78 is 10.4. The molecule has 0 radical (unpaired) electrons. The van der Waals surface area contributed by atoms with Crippen molar-refractivity contribution in [2.24, 2.45) is 5.41 Å². The van der Waals surface area contributed by atoms with Crippen LogP contribution in [0.5, 0.6) is 5.75 Å². The Labute approximate surface area is 125 Å². The summed E-state index contributed by atoms with van der Waals surface area (Å²) in [6.45, 7) is 0.751. The molecule has 20 heavy (non-hydrogen) atoms. The molecule has 4 heteroatoms. The van der Waals surface area contributed by atoms with Crippen LogP contribution in [0.2, 0.25) is 0 Å². The predicted octanol–water partition coefficient (Wildman–Crippen LogP) is 3.53. The number of esters is 1. The standard InChI is InChI=1S/C16H22O3S/c1-18-15(17)12-16(8-9-16)13-20-11-5-10-19-14-6-3-2-4-7-14/h2-4,6-7H,5,8-13H2,1H3. The van der Waals surface area contributed by atoms with Crippen molar-refractivity contribution in [3.8, 4) is 5.75 Å². The first kappa shape index (κ1) is 15.2. The largest absolute Gasteiger partial charge is 0.494 e. The van der Waals surface area contributed by atoms with E-state index in [1.165, 1.54) is 7.11 Å². The molecule has 2 rings (SSSR count). The van der Waals surface area contributed by atoms with Crippen molar-refractivity contribution in [1.29, 1.82) is 0 Å². The second-order valence-electron chi connectivity index (χ2n) is 5.32. The molecule has 110 valence electrons. The van der Waals surface area contributed by atoms with E-state index < -0.39 is 0 Å². The van der Waals surface area contributed by atoms with Crippen LogP contribution in [0.25, 0.3) is 0 Å². The summed E-state index contributed by atoms with van der Waals surface area (Å²) >= 11 is 1.92.